The second kappa shape index (κ2) is 7.01. The maximum Gasteiger partial charge on any atom is 0.240 e. The molecule has 2 N–H and O–H groups in total. The van der Waals surface area contributed by atoms with E-state index in [1.165, 1.54) is 36.0 Å². The molecule has 7 nitrogen and oxygen atoms in total. The topological polar surface area (TPSA) is 98.0 Å². The summed E-state index contributed by atoms with van der Waals surface area (Å²) in [6, 6.07) is 9.57. The Kier molecular flexibility index (Phi) is 4.68. The average Bonchev–Trinajstić information content (AvgIpc) is 3.40. The Bertz CT molecular complexity index is 978. The minimum absolute atomic E-state index is 0.0347. The van der Waals surface area contributed by atoms with Crippen LogP contribution in [0.4, 0.5) is 0 Å². The molecule has 2 aromatic heterocycles. The van der Waals surface area contributed by atoms with E-state index in [0.717, 1.165) is 0 Å². The lowest BCUT2D eigenvalue weighted by Gasteiger charge is -2.26. The summed E-state index contributed by atoms with van der Waals surface area (Å²) < 4.78 is 44.0. The highest BCUT2D eigenvalue weighted by Crippen LogP contribution is 2.34. The fourth-order valence-corrected chi connectivity index (χ4v) is 4.74. The third-order valence-corrected chi connectivity index (χ3v) is 6.69. The van der Waals surface area contributed by atoms with Crippen LogP contribution in [0.25, 0.3) is 0 Å². The first-order valence-corrected chi connectivity index (χ1v) is 10.5. The van der Waals surface area contributed by atoms with Crippen LogP contribution >= 0.6 is 11.3 Å². The summed E-state index contributed by atoms with van der Waals surface area (Å²) >= 11 is 1.33. The normalized spacial score (nSPS) is 16.0. The van der Waals surface area contributed by atoms with Crippen molar-refractivity contribution in [1.82, 2.24) is 4.72 Å². The van der Waals surface area contributed by atoms with Gasteiger partial charge in [0.15, 0.2) is 11.5 Å². The van der Waals surface area contributed by atoms with E-state index in [2.05, 4.69) is 4.72 Å². The van der Waals surface area contributed by atoms with Gasteiger partial charge in [0.1, 0.15) is 18.8 Å². The maximum absolute atomic E-state index is 12.8. The summed E-state index contributed by atoms with van der Waals surface area (Å²) in [6.07, 6.45) is 2.83. The molecule has 0 aliphatic carbocycles. The molecule has 1 aromatic carbocycles. The van der Waals surface area contributed by atoms with Gasteiger partial charge in [-0.25, -0.2) is 13.1 Å². The Morgan fingerprint density at radius 3 is 2.67 bits per heavy atom. The van der Waals surface area contributed by atoms with Crippen molar-refractivity contribution in [1.29, 1.82) is 0 Å². The van der Waals surface area contributed by atoms with Crippen LogP contribution in [0.5, 0.6) is 11.5 Å². The van der Waals surface area contributed by atoms with Crippen LogP contribution in [0.15, 0.2) is 63.6 Å². The number of furan rings is 1. The Balaban J connectivity index is 1.61. The molecular weight excluding hydrogens is 390 g/mol. The van der Waals surface area contributed by atoms with E-state index in [-0.39, 0.29) is 11.4 Å². The zero-order valence-corrected chi connectivity index (χ0v) is 15.8. The summed E-state index contributed by atoms with van der Waals surface area (Å²) in [5.41, 5.74) is -1.07. The van der Waals surface area contributed by atoms with Crippen molar-refractivity contribution in [3.8, 4) is 11.5 Å². The van der Waals surface area contributed by atoms with Crippen molar-refractivity contribution in [2.75, 3.05) is 19.8 Å². The summed E-state index contributed by atoms with van der Waals surface area (Å²) in [6.45, 7) is 0.544. The molecule has 3 aromatic rings. The molecule has 9 heteroatoms. The first-order chi connectivity index (χ1) is 13.0. The van der Waals surface area contributed by atoms with Gasteiger partial charge in [0.2, 0.25) is 10.0 Å². The smallest absolute Gasteiger partial charge is 0.240 e. The first-order valence-electron chi connectivity index (χ1n) is 8.17. The average molecular weight is 407 g/mol. The van der Waals surface area contributed by atoms with Crippen molar-refractivity contribution >= 4 is 21.4 Å². The highest BCUT2D eigenvalue weighted by atomic mass is 32.2. The van der Waals surface area contributed by atoms with E-state index in [0.29, 0.717) is 35.2 Å². The van der Waals surface area contributed by atoms with Gasteiger partial charge in [-0.2, -0.15) is 0 Å². The third-order valence-electron chi connectivity index (χ3n) is 4.27. The van der Waals surface area contributed by atoms with Gasteiger partial charge in [-0.15, -0.1) is 11.3 Å². The molecule has 142 valence electrons. The standard InChI is InChI=1S/C18H17NO6S2/c20-18(13-5-6-23-11-13,17-2-1-9-26-17)12-19-27(21,22)14-3-4-15-16(10-14)25-8-7-24-15/h1-6,9-11,19-20H,7-8,12H2. The highest BCUT2D eigenvalue weighted by molar-refractivity contribution is 7.89. The lowest BCUT2D eigenvalue weighted by molar-refractivity contribution is 0.0892. The molecule has 0 fully saturated rings. The fourth-order valence-electron chi connectivity index (χ4n) is 2.82. The van der Waals surface area contributed by atoms with Gasteiger partial charge in [0.25, 0.3) is 0 Å². The van der Waals surface area contributed by atoms with E-state index in [1.807, 2.05) is 5.38 Å². The van der Waals surface area contributed by atoms with Crippen molar-refractivity contribution in [2.45, 2.75) is 10.5 Å². The molecule has 0 saturated carbocycles. The van der Waals surface area contributed by atoms with Crippen LogP contribution in [0.3, 0.4) is 0 Å². The quantitative estimate of drug-likeness (QED) is 0.651. The van der Waals surface area contributed by atoms with E-state index >= 15 is 0 Å². The Labute approximate surface area is 160 Å². The molecular formula is C18H17NO6S2. The molecule has 3 heterocycles. The van der Waals surface area contributed by atoms with Crippen LogP contribution < -0.4 is 14.2 Å². The Morgan fingerprint density at radius 2 is 1.96 bits per heavy atom. The summed E-state index contributed by atoms with van der Waals surface area (Å²) in [5, 5.41) is 13.0. The van der Waals surface area contributed by atoms with Crippen molar-refractivity contribution < 1.29 is 27.4 Å². The molecule has 0 radical (unpaired) electrons. The third kappa shape index (κ3) is 3.46. The molecule has 4 rings (SSSR count). The summed E-state index contributed by atoms with van der Waals surface area (Å²) in [4.78, 5) is 0.640. The minimum atomic E-state index is -3.88. The number of nitrogens with one attached hydrogen (secondary N) is 1. The van der Waals surface area contributed by atoms with Crippen LogP contribution in [-0.4, -0.2) is 33.3 Å². The summed E-state index contributed by atoms with van der Waals surface area (Å²) in [7, 11) is -3.88. The first kappa shape index (κ1) is 18.1. The number of hydrogen-bond acceptors (Lipinski definition) is 7. The lowest BCUT2D eigenvalue weighted by atomic mass is 9.95. The monoisotopic (exact) mass is 407 g/mol. The number of hydrogen-bond donors (Lipinski definition) is 2. The van der Waals surface area contributed by atoms with Gasteiger partial charge in [-0.1, -0.05) is 6.07 Å². The Morgan fingerprint density at radius 1 is 1.15 bits per heavy atom. The molecule has 1 unspecified atom stereocenters. The largest absolute Gasteiger partial charge is 0.486 e. The number of fused-ring (bicyclic) bond motifs is 1. The van der Waals surface area contributed by atoms with Gasteiger partial charge in [0.05, 0.1) is 17.4 Å². The van der Waals surface area contributed by atoms with E-state index in [4.69, 9.17) is 13.9 Å². The highest BCUT2D eigenvalue weighted by Gasteiger charge is 2.35. The number of ether oxygens (including phenoxy) is 2. The number of aliphatic hydroxyl groups is 1. The molecule has 0 spiro atoms. The van der Waals surface area contributed by atoms with Crippen molar-refractivity contribution in [2.24, 2.45) is 0 Å². The molecule has 27 heavy (non-hydrogen) atoms. The minimum Gasteiger partial charge on any atom is -0.486 e. The molecule has 1 atom stereocenters. The number of thiophene rings is 1. The lowest BCUT2D eigenvalue weighted by Crippen LogP contribution is -2.40. The van der Waals surface area contributed by atoms with Gasteiger partial charge in [-0.3, -0.25) is 0 Å². The SMILES string of the molecule is O=S(=O)(NCC(O)(c1ccoc1)c1cccs1)c1ccc2c(c1)OCCO2. The predicted molar refractivity (Wildman–Crippen MR) is 98.6 cm³/mol. The molecule has 0 bridgehead atoms. The van der Waals surface area contributed by atoms with Gasteiger partial charge >= 0.3 is 0 Å². The van der Waals surface area contributed by atoms with E-state index < -0.39 is 15.6 Å². The van der Waals surface area contributed by atoms with E-state index in [9.17, 15) is 13.5 Å². The van der Waals surface area contributed by atoms with Crippen molar-refractivity contribution in [3.63, 3.8) is 0 Å². The van der Waals surface area contributed by atoms with Gasteiger partial charge in [0, 0.05) is 23.1 Å². The second-order valence-corrected chi connectivity index (χ2v) is 8.69. The maximum atomic E-state index is 12.8. The van der Waals surface area contributed by atoms with Gasteiger partial charge < -0.3 is 19.0 Å². The van der Waals surface area contributed by atoms with Crippen LogP contribution in [0.1, 0.15) is 10.4 Å². The number of sulfonamides is 1. The number of rotatable bonds is 6. The molecule has 0 amide bonds. The van der Waals surface area contributed by atoms with Crippen LogP contribution in [0.2, 0.25) is 0 Å². The summed E-state index contributed by atoms with van der Waals surface area (Å²) in [5.74, 6) is 0.890. The van der Waals surface area contributed by atoms with Gasteiger partial charge in [-0.05, 0) is 29.6 Å². The molecule has 0 saturated heterocycles. The fraction of sp³-hybridized carbons (Fsp3) is 0.222. The molecule has 1 aliphatic heterocycles. The zero-order chi connectivity index (χ0) is 18.9. The second-order valence-electron chi connectivity index (χ2n) is 5.98. The molecule has 1 aliphatic rings. The van der Waals surface area contributed by atoms with Crippen LogP contribution in [-0.2, 0) is 15.6 Å². The number of benzene rings is 1. The van der Waals surface area contributed by atoms with Crippen LogP contribution in [0, 0.1) is 0 Å². The Hall–Kier alpha value is -2.33. The predicted octanol–water partition coefficient (Wildman–Crippen LogP) is 2.33. The zero-order valence-electron chi connectivity index (χ0n) is 14.1. The van der Waals surface area contributed by atoms with Crippen molar-refractivity contribution in [3.05, 3.63) is 64.7 Å². The van der Waals surface area contributed by atoms with E-state index in [1.54, 1.807) is 24.3 Å².